The number of carbonyl (C=O) groups is 1. The molecule has 0 atom stereocenters. The van der Waals surface area contributed by atoms with Crippen molar-refractivity contribution in [3.8, 4) is 22.8 Å². The standard InChI is InChI=1S/C25H22FN3O3/c26-19-9-7-18(8-10-19)23-16-27-24(32-23)21-5-1-2-6-22(21)25(30)29-13-11-28(12-14-29)17-20-4-3-15-31-20/h1-10,15-16H,11-14,17H2. The first-order chi connectivity index (χ1) is 15.7. The van der Waals surface area contributed by atoms with Crippen molar-refractivity contribution in [3.63, 3.8) is 0 Å². The Kier molecular flexibility index (Phi) is 5.56. The van der Waals surface area contributed by atoms with Gasteiger partial charge < -0.3 is 13.7 Å². The van der Waals surface area contributed by atoms with E-state index < -0.39 is 0 Å². The monoisotopic (exact) mass is 431 g/mol. The van der Waals surface area contributed by atoms with Crippen molar-refractivity contribution < 1.29 is 18.0 Å². The van der Waals surface area contributed by atoms with Crippen LogP contribution in [-0.4, -0.2) is 46.9 Å². The molecule has 0 aliphatic carbocycles. The fourth-order valence-electron chi connectivity index (χ4n) is 3.90. The van der Waals surface area contributed by atoms with Crippen LogP contribution in [0.4, 0.5) is 4.39 Å². The molecule has 1 amide bonds. The molecule has 0 N–H and O–H groups in total. The van der Waals surface area contributed by atoms with Crippen LogP contribution in [0.1, 0.15) is 16.1 Å². The number of nitrogens with zero attached hydrogens (tertiary/aromatic N) is 3. The van der Waals surface area contributed by atoms with Gasteiger partial charge in [-0.3, -0.25) is 9.69 Å². The number of halogens is 1. The Labute approximate surface area is 184 Å². The van der Waals surface area contributed by atoms with Gasteiger partial charge >= 0.3 is 0 Å². The van der Waals surface area contributed by atoms with Gasteiger partial charge in [0.15, 0.2) is 5.76 Å². The van der Waals surface area contributed by atoms with Crippen LogP contribution in [0.3, 0.4) is 0 Å². The van der Waals surface area contributed by atoms with Crippen LogP contribution in [0, 0.1) is 5.82 Å². The summed E-state index contributed by atoms with van der Waals surface area (Å²) in [4.78, 5) is 21.8. The summed E-state index contributed by atoms with van der Waals surface area (Å²) >= 11 is 0. The number of piperazine rings is 1. The maximum atomic E-state index is 13.3. The van der Waals surface area contributed by atoms with Gasteiger partial charge in [-0.25, -0.2) is 9.37 Å². The van der Waals surface area contributed by atoms with Crippen molar-refractivity contribution in [2.75, 3.05) is 26.2 Å². The first-order valence-corrected chi connectivity index (χ1v) is 10.5. The minimum atomic E-state index is -0.311. The van der Waals surface area contributed by atoms with Crippen molar-refractivity contribution in [1.82, 2.24) is 14.8 Å². The summed E-state index contributed by atoms with van der Waals surface area (Å²) in [6.07, 6.45) is 3.27. The lowest BCUT2D eigenvalue weighted by molar-refractivity contribution is 0.0621. The van der Waals surface area contributed by atoms with Crippen LogP contribution in [0.2, 0.25) is 0 Å². The molecule has 3 heterocycles. The van der Waals surface area contributed by atoms with Crippen molar-refractivity contribution in [2.45, 2.75) is 6.54 Å². The Morgan fingerprint density at radius 1 is 0.969 bits per heavy atom. The number of hydrogen-bond acceptors (Lipinski definition) is 5. The summed E-state index contributed by atoms with van der Waals surface area (Å²) in [7, 11) is 0. The minimum absolute atomic E-state index is 0.0419. The zero-order valence-electron chi connectivity index (χ0n) is 17.4. The number of carbonyl (C=O) groups excluding carboxylic acids is 1. The van der Waals surface area contributed by atoms with Crippen molar-refractivity contribution in [2.24, 2.45) is 0 Å². The Balaban J connectivity index is 1.31. The van der Waals surface area contributed by atoms with Gasteiger partial charge in [0.25, 0.3) is 5.91 Å². The van der Waals surface area contributed by atoms with Crippen LogP contribution < -0.4 is 0 Å². The third-order valence-electron chi connectivity index (χ3n) is 5.64. The fourth-order valence-corrected chi connectivity index (χ4v) is 3.90. The number of furan rings is 1. The smallest absolute Gasteiger partial charge is 0.254 e. The van der Waals surface area contributed by atoms with Crippen LogP contribution in [-0.2, 0) is 6.54 Å². The van der Waals surface area contributed by atoms with E-state index >= 15 is 0 Å². The number of hydrogen-bond donors (Lipinski definition) is 0. The summed E-state index contributed by atoms with van der Waals surface area (Å²) in [5.41, 5.74) is 1.92. The summed E-state index contributed by atoms with van der Waals surface area (Å²) in [6, 6.07) is 17.2. The fraction of sp³-hybridized carbons (Fsp3) is 0.200. The predicted octanol–water partition coefficient (Wildman–Crippen LogP) is 4.70. The first-order valence-electron chi connectivity index (χ1n) is 10.5. The summed E-state index contributed by atoms with van der Waals surface area (Å²) in [6.45, 7) is 3.58. The third-order valence-corrected chi connectivity index (χ3v) is 5.64. The van der Waals surface area contributed by atoms with E-state index in [-0.39, 0.29) is 11.7 Å². The molecular weight excluding hydrogens is 409 g/mol. The van der Waals surface area contributed by atoms with Gasteiger partial charge in [-0.05, 0) is 48.5 Å². The SMILES string of the molecule is O=C(c1ccccc1-c1ncc(-c2ccc(F)cc2)o1)N1CCN(Cc2ccco2)CC1. The molecule has 0 spiro atoms. The predicted molar refractivity (Wildman–Crippen MR) is 117 cm³/mol. The van der Waals surface area contributed by atoms with Crippen LogP contribution >= 0.6 is 0 Å². The van der Waals surface area contributed by atoms with E-state index in [9.17, 15) is 9.18 Å². The molecule has 5 rings (SSSR count). The summed E-state index contributed by atoms with van der Waals surface area (Å²) in [5, 5.41) is 0. The largest absolute Gasteiger partial charge is 0.468 e. The molecule has 0 radical (unpaired) electrons. The van der Waals surface area contributed by atoms with Gasteiger partial charge in [0.05, 0.1) is 24.6 Å². The van der Waals surface area contributed by atoms with E-state index in [1.54, 1.807) is 30.7 Å². The molecule has 4 aromatic rings. The minimum Gasteiger partial charge on any atom is -0.468 e. The molecule has 32 heavy (non-hydrogen) atoms. The van der Waals surface area contributed by atoms with Crippen molar-refractivity contribution in [3.05, 3.63) is 90.3 Å². The molecule has 1 fully saturated rings. The maximum Gasteiger partial charge on any atom is 0.254 e. The molecule has 162 valence electrons. The number of benzene rings is 2. The van der Waals surface area contributed by atoms with Gasteiger partial charge in [0.1, 0.15) is 11.6 Å². The first kappa shape index (κ1) is 20.2. The van der Waals surface area contributed by atoms with Gasteiger partial charge in [0, 0.05) is 37.3 Å². The molecule has 2 aromatic carbocycles. The lowest BCUT2D eigenvalue weighted by Gasteiger charge is -2.34. The highest BCUT2D eigenvalue weighted by molar-refractivity contribution is 6.00. The maximum absolute atomic E-state index is 13.3. The molecule has 1 aliphatic heterocycles. The Hall–Kier alpha value is -3.71. The third kappa shape index (κ3) is 4.20. The van der Waals surface area contributed by atoms with Gasteiger partial charge in [-0.1, -0.05) is 12.1 Å². The number of amides is 1. The molecule has 1 aliphatic rings. The van der Waals surface area contributed by atoms with E-state index in [1.165, 1.54) is 12.1 Å². The van der Waals surface area contributed by atoms with Gasteiger partial charge in [-0.2, -0.15) is 0 Å². The average molecular weight is 431 g/mol. The lowest BCUT2D eigenvalue weighted by Crippen LogP contribution is -2.48. The molecule has 1 saturated heterocycles. The highest BCUT2D eigenvalue weighted by atomic mass is 19.1. The second-order valence-electron chi connectivity index (χ2n) is 7.73. The van der Waals surface area contributed by atoms with Gasteiger partial charge in [-0.15, -0.1) is 0 Å². The molecule has 7 heteroatoms. The highest BCUT2D eigenvalue weighted by Gasteiger charge is 2.25. The van der Waals surface area contributed by atoms with Crippen LogP contribution in [0.5, 0.6) is 0 Å². The zero-order valence-corrected chi connectivity index (χ0v) is 17.4. The average Bonchev–Trinajstić information content (AvgIpc) is 3.52. The normalized spacial score (nSPS) is 14.6. The Morgan fingerprint density at radius 2 is 1.75 bits per heavy atom. The molecule has 6 nitrogen and oxygen atoms in total. The highest BCUT2D eigenvalue weighted by Crippen LogP contribution is 2.29. The van der Waals surface area contributed by atoms with E-state index in [2.05, 4.69) is 9.88 Å². The van der Waals surface area contributed by atoms with Crippen molar-refractivity contribution >= 4 is 5.91 Å². The second kappa shape index (κ2) is 8.80. The Morgan fingerprint density at radius 3 is 2.50 bits per heavy atom. The topological polar surface area (TPSA) is 62.7 Å². The number of oxazole rings is 1. The van der Waals surface area contributed by atoms with E-state index in [0.717, 1.165) is 31.0 Å². The van der Waals surface area contributed by atoms with Crippen LogP contribution in [0.25, 0.3) is 22.8 Å². The van der Waals surface area contributed by atoms with Crippen molar-refractivity contribution in [1.29, 1.82) is 0 Å². The number of aromatic nitrogens is 1. The molecule has 0 saturated carbocycles. The lowest BCUT2D eigenvalue weighted by atomic mass is 10.1. The van der Waals surface area contributed by atoms with Gasteiger partial charge in [0.2, 0.25) is 5.89 Å². The quantitative estimate of drug-likeness (QED) is 0.458. The summed E-state index contributed by atoms with van der Waals surface area (Å²) < 4.78 is 24.6. The zero-order chi connectivity index (χ0) is 21.9. The molecule has 0 bridgehead atoms. The number of rotatable bonds is 5. The molecule has 0 unspecified atom stereocenters. The summed E-state index contributed by atoms with van der Waals surface area (Å²) in [5.74, 6) is 1.46. The van der Waals surface area contributed by atoms with E-state index in [1.807, 2.05) is 35.2 Å². The Bertz CT molecular complexity index is 1190. The van der Waals surface area contributed by atoms with E-state index in [0.29, 0.717) is 35.9 Å². The molecular formula is C25H22FN3O3. The van der Waals surface area contributed by atoms with E-state index in [4.69, 9.17) is 8.83 Å². The second-order valence-corrected chi connectivity index (χ2v) is 7.73. The van der Waals surface area contributed by atoms with Crippen LogP contribution in [0.15, 0.2) is 82.0 Å². The molecule has 2 aromatic heterocycles.